The first-order chi connectivity index (χ1) is 11.4. The molecule has 0 heterocycles. The highest BCUT2D eigenvalue weighted by Gasteiger charge is 2.32. The summed E-state index contributed by atoms with van der Waals surface area (Å²) in [4.78, 5) is 12.3. The van der Waals surface area contributed by atoms with Crippen molar-refractivity contribution in [2.24, 2.45) is 0 Å². The van der Waals surface area contributed by atoms with Crippen molar-refractivity contribution in [2.75, 3.05) is 0 Å². The van der Waals surface area contributed by atoms with E-state index in [0.29, 0.717) is 5.56 Å². The van der Waals surface area contributed by atoms with Gasteiger partial charge in [-0.05, 0) is 42.0 Å². The number of nitriles is 2. The lowest BCUT2D eigenvalue weighted by atomic mass is 9.99. The highest BCUT2D eigenvalue weighted by Crippen LogP contribution is 2.33. The summed E-state index contributed by atoms with van der Waals surface area (Å²) in [5, 5.41) is 17.9. The number of nitrogens with zero attached hydrogens (tertiary/aromatic N) is 2. The molecule has 0 aliphatic heterocycles. The van der Waals surface area contributed by atoms with Gasteiger partial charge in [-0.15, -0.1) is 0 Å². The number of carbonyl (C=O) groups excluding carboxylic acids is 1. The molecule has 118 valence electrons. The summed E-state index contributed by atoms with van der Waals surface area (Å²) in [5.41, 5.74) is -1.16. The van der Waals surface area contributed by atoms with Gasteiger partial charge in [0.25, 0.3) is 0 Å². The van der Waals surface area contributed by atoms with Crippen LogP contribution in [-0.4, -0.2) is 5.78 Å². The molecule has 3 nitrogen and oxygen atoms in total. The number of ketones is 1. The first-order valence-electron chi connectivity index (χ1n) is 6.69. The number of hydrogen-bond donors (Lipinski definition) is 0. The molecule has 0 saturated carbocycles. The van der Waals surface area contributed by atoms with Crippen LogP contribution in [0.4, 0.5) is 13.2 Å². The van der Waals surface area contributed by atoms with Crippen LogP contribution in [0.3, 0.4) is 0 Å². The van der Waals surface area contributed by atoms with Crippen LogP contribution < -0.4 is 0 Å². The Balaban J connectivity index is 2.45. The van der Waals surface area contributed by atoms with Crippen LogP contribution in [0.25, 0.3) is 6.08 Å². The largest absolute Gasteiger partial charge is 0.416 e. The Hall–Kier alpha value is -3.38. The molecule has 0 radical (unpaired) electrons. The predicted octanol–water partition coefficient (Wildman–Crippen LogP) is 4.37. The first-order valence-corrected chi connectivity index (χ1v) is 6.69. The van der Waals surface area contributed by atoms with E-state index in [-0.39, 0.29) is 11.1 Å². The molecular formula is C18H9F3N2O. The lowest BCUT2D eigenvalue weighted by Crippen LogP contribution is -2.08. The summed E-state index contributed by atoms with van der Waals surface area (Å²) in [5.74, 6) is -0.709. The van der Waals surface area contributed by atoms with E-state index < -0.39 is 23.1 Å². The Labute approximate surface area is 135 Å². The van der Waals surface area contributed by atoms with E-state index in [1.165, 1.54) is 42.5 Å². The molecule has 0 aliphatic carbocycles. The zero-order valence-electron chi connectivity index (χ0n) is 12.1. The third-order valence-corrected chi connectivity index (χ3v) is 3.21. The van der Waals surface area contributed by atoms with Gasteiger partial charge in [0.1, 0.15) is 11.6 Å². The third kappa shape index (κ3) is 3.68. The molecular weight excluding hydrogens is 317 g/mol. The van der Waals surface area contributed by atoms with Gasteiger partial charge in [-0.3, -0.25) is 4.79 Å². The van der Waals surface area contributed by atoms with Crippen molar-refractivity contribution < 1.29 is 18.0 Å². The summed E-state index contributed by atoms with van der Waals surface area (Å²) in [7, 11) is 0. The molecule has 0 spiro atoms. The van der Waals surface area contributed by atoms with Crippen molar-refractivity contribution in [3.63, 3.8) is 0 Å². The van der Waals surface area contributed by atoms with E-state index in [2.05, 4.69) is 0 Å². The Morgan fingerprint density at radius 2 is 1.62 bits per heavy atom. The Morgan fingerprint density at radius 1 is 1.00 bits per heavy atom. The molecule has 2 rings (SSSR count). The highest BCUT2D eigenvalue weighted by molar-refractivity contribution is 6.14. The number of halogens is 3. The van der Waals surface area contributed by atoms with Crippen LogP contribution >= 0.6 is 0 Å². The topological polar surface area (TPSA) is 64.7 Å². The molecule has 0 amide bonds. The second-order valence-corrected chi connectivity index (χ2v) is 4.77. The summed E-state index contributed by atoms with van der Waals surface area (Å²) in [6, 6.07) is 13.7. The van der Waals surface area contributed by atoms with Crippen LogP contribution in [0.1, 0.15) is 27.0 Å². The molecule has 24 heavy (non-hydrogen) atoms. The van der Waals surface area contributed by atoms with E-state index >= 15 is 0 Å². The summed E-state index contributed by atoms with van der Waals surface area (Å²) >= 11 is 0. The van der Waals surface area contributed by atoms with Gasteiger partial charge in [0.05, 0.1) is 17.2 Å². The fourth-order valence-electron chi connectivity index (χ4n) is 2.04. The van der Waals surface area contributed by atoms with Crippen molar-refractivity contribution in [3.8, 4) is 12.1 Å². The molecule has 0 unspecified atom stereocenters. The molecule has 2 aromatic rings. The smallest absolute Gasteiger partial charge is 0.288 e. The fourth-order valence-corrected chi connectivity index (χ4v) is 2.04. The fraction of sp³-hybridized carbons (Fsp3) is 0.0556. The summed E-state index contributed by atoms with van der Waals surface area (Å²) in [6.07, 6.45) is -3.67. The molecule has 0 aromatic heterocycles. The van der Waals surface area contributed by atoms with Gasteiger partial charge in [0, 0.05) is 5.56 Å². The van der Waals surface area contributed by atoms with Crippen LogP contribution in [0.2, 0.25) is 0 Å². The maximum Gasteiger partial charge on any atom is 0.416 e. The average Bonchev–Trinajstić information content (AvgIpc) is 2.58. The molecule has 0 bridgehead atoms. The average molecular weight is 326 g/mol. The second kappa shape index (κ2) is 6.80. The standard InChI is InChI=1S/C18H9F3N2O/c19-18(20,21)16-4-2-1-3-14(16)9-15(11-23)17(24)13-7-5-12(10-22)6-8-13/h1-9H/b15-9+. The van der Waals surface area contributed by atoms with Crippen molar-refractivity contribution in [1.29, 1.82) is 10.5 Å². The zero-order chi connectivity index (χ0) is 17.7. The number of Topliss-reactive ketones (excluding diaryl/α,β-unsaturated/α-hetero) is 1. The Kier molecular flexibility index (Phi) is 4.81. The molecule has 0 aliphatic rings. The number of rotatable bonds is 3. The van der Waals surface area contributed by atoms with E-state index in [0.717, 1.165) is 12.1 Å². The van der Waals surface area contributed by atoms with Crippen LogP contribution in [0.5, 0.6) is 0 Å². The maximum absolute atomic E-state index is 13.0. The van der Waals surface area contributed by atoms with E-state index in [1.54, 1.807) is 6.07 Å². The van der Waals surface area contributed by atoms with Crippen molar-refractivity contribution in [3.05, 3.63) is 76.4 Å². The number of carbonyl (C=O) groups is 1. The van der Waals surface area contributed by atoms with Crippen molar-refractivity contribution >= 4 is 11.9 Å². The molecule has 6 heteroatoms. The monoisotopic (exact) mass is 326 g/mol. The molecule has 0 fully saturated rings. The molecule has 0 atom stereocenters. The second-order valence-electron chi connectivity index (χ2n) is 4.77. The van der Waals surface area contributed by atoms with Crippen molar-refractivity contribution in [1.82, 2.24) is 0 Å². The number of alkyl halides is 3. The minimum atomic E-state index is -4.59. The Morgan fingerprint density at radius 3 is 2.17 bits per heavy atom. The van der Waals surface area contributed by atoms with Gasteiger partial charge in [-0.25, -0.2) is 0 Å². The first kappa shape index (κ1) is 17.0. The SMILES string of the molecule is N#C/C(=C\c1ccccc1C(F)(F)F)C(=O)c1ccc(C#N)cc1. The van der Waals surface area contributed by atoms with Gasteiger partial charge in [-0.1, -0.05) is 18.2 Å². The number of allylic oxidation sites excluding steroid dienone is 1. The molecule has 0 saturated heterocycles. The number of benzene rings is 2. The number of hydrogen-bond acceptors (Lipinski definition) is 3. The van der Waals surface area contributed by atoms with E-state index in [4.69, 9.17) is 10.5 Å². The van der Waals surface area contributed by atoms with Gasteiger partial charge in [-0.2, -0.15) is 23.7 Å². The lowest BCUT2D eigenvalue weighted by Gasteiger charge is -2.10. The predicted molar refractivity (Wildman–Crippen MR) is 80.5 cm³/mol. The zero-order valence-corrected chi connectivity index (χ0v) is 12.1. The minimum absolute atomic E-state index is 0.117. The highest BCUT2D eigenvalue weighted by atomic mass is 19.4. The van der Waals surface area contributed by atoms with Gasteiger partial charge < -0.3 is 0 Å². The van der Waals surface area contributed by atoms with Crippen molar-refractivity contribution in [2.45, 2.75) is 6.18 Å². The van der Waals surface area contributed by atoms with E-state index in [1.807, 2.05) is 6.07 Å². The lowest BCUT2D eigenvalue weighted by molar-refractivity contribution is -0.137. The van der Waals surface area contributed by atoms with Gasteiger partial charge in [0.15, 0.2) is 0 Å². The normalized spacial score (nSPS) is 11.5. The third-order valence-electron chi connectivity index (χ3n) is 3.21. The molecule has 0 N–H and O–H groups in total. The van der Waals surface area contributed by atoms with Crippen LogP contribution in [0.15, 0.2) is 54.1 Å². The quantitative estimate of drug-likeness (QED) is 0.478. The maximum atomic E-state index is 13.0. The van der Waals surface area contributed by atoms with Crippen LogP contribution in [0, 0.1) is 22.7 Å². The summed E-state index contributed by atoms with van der Waals surface area (Å²) < 4.78 is 38.9. The van der Waals surface area contributed by atoms with Gasteiger partial charge >= 0.3 is 6.18 Å². The van der Waals surface area contributed by atoms with Crippen LogP contribution in [-0.2, 0) is 6.18 Å². The molecule has 2 aromatic carbocycles. The van der Waals surface area contributed by atoms with Gasteiger partial charge in [0.2, 0.25) is 5.78 Å². The minimum Gasteiger partial charge on any atom is -0.288 e. The van der Waals surface area contributed by atoms with E-state index in [9.17, 15) is 18.0 Å². The summed E-state index contributed by atoms with van der Waals surface area (Å²) in [6.45, 7) is 0. The Bertz CT molecular complexity index is 882.